The van der Waals surface area contributed by atoms with Crippen molar-refractivity contribution in [1.29, 1.82) is 0 Å². The van der Waals surface area contributed by atoms with Crippen molar-refractivity contribution in [2.45, 2.75) is 50.7 Å². The van der Waals surface area contributed by atoms with Crippen LogP contribution < -0.4 is 0 Å². The first kappa shape index (κ1) is 23.2. The number of halogens is 2. The van der Waals surface area contributed by atoms with Crippen molar-refractivity contribution >= 4 is 12.3 Å². The van der Waals surface area contributed by atoms with E-state index in [1.807, 2.05) is 10.9 Å². The maximum atomic E-state index is 14.7. The van der Waals surface area contributed by atoms with Crippen LogP contribution in [0.2, 0.25) is 0 Å². The lowest BCUT2D eigenvalue weighted by Gasteiger charge is -2.28. The second kappa shape index (κ2) is 9.61. The molecule has 1 saturated carbocycles. The number of carbonyl (C=O) groups excluding carboxylic acids is 2. The van der Waals surface area contributed by atoms with Crippen LogP contribution in [0, 0.1) is 11.6 Å². The first-order valence-electron chi connectivity index (χ1n) is 11.6. The summed E-state index contributed by atoms with van der Waals surface area (Å²) in [5, 5.41) is 4.44. The molecular formula is C25H24F2N4O4. The molecule has 1 aliphatic heterocycles. The molecule has 182 valence electrons. The van der Waals surface area contributed by atoms with Gasteiger partial charge in [-0.25, -0.2) is 23.5 Å². The second-order valence-corrected chi connectivity index (χ2v) is 8.72. The molecule has 2 aromatic heterocycles. The highest BCUT2D eigenvalue weighted by Gasteiger charge is 2.32. The molecule has 1 aliphatic carbocycles. The van der Waals surface area contributed by atoms with E-state index in [4.69, 9.17) is 9.47 Å². The normalized spacial score (nSPS) is 20.0. The molecule has 0 amide bonds. The molecule has 1 saturated heterocycles. The summed E-state index contributed by atoms with van der Waals surface area (Å²) >= 11 is 0. The van der Waals surface area contributed by atoms with Crippen LogP contribution in [0.4, 0.5) is 8.78 Å². The number of hydrogen-bond acceptors (Lipinski definition) is 7. The number of carbonyl (C=O) groups is 2. The summed E-state index contributed by atoms with van der Waals surface area (Å²) in [5.41, 5.74) is 0.330. The quantitative estimate of drug-likeness (QED) is 0.359. The largest absolute Gasteiger partial charge is 0.461 e. The molecule has 0 N–H and O–H groups in total. The fourth-order valence-electron chi connectivity index (χ4n) is 4.34. The number of rotatable bonds is 7. The summed E-state index contributed by atoms with van der Waals surface area (Å²) in [4.78, 5) is 33.6. The summed E-state index contributed by atoms with van der Waals surface area (Å²) in [6.45, 7) is 2.13. The first-order valence-corrected chi connectivity index (χ1v) is 11.6. The lowest BCUT2D eigenvalue weighted by molar-refractivity contribution is 0.00386. The third-order valence-electron chi connectivity index (χ3n) is 6.30. The lowest BCUT2D eigenvalue weighted by atomic mass is 9.91. The summed E-state index contributed by atoms with van der Waals surface area (Å²) < 4.78 is 41.3. The van der Waals surface area contributed by atoms with E-state index in [1.54, 1.807) is 13.1 Å². The average Bonchev–Trinajstić information content (AvgIpc) is 3.59. The molecule has 5 rings (SSSR count). The molecule has 35 heavy (non-hydrogen) atoms. The van der Waals surface area contributed by atoms with E-state index in [-0.39, 0.29) is 47.0 Å². The van der Waals surface area contributed by atoms with Gasteiger partial charge in [0.1, 0.15) is 17.5 Å². The maximum Gasteiger partial charge on any atom is 0.357 e. The van der Waals surface area contributed by atoms with Crippen molar-refractivity contribution in [2.24, 2.45) is 0 Å². The highest BCUT2D eigenvalue weighted by atomic mass is 19.1. The molecule has 0 bridgehead atoms. The van der Waals surface area contributed by atoms with Crippen LogP contribution in [0.5, 0.6) is 0 Å². The molecule has 10 heteroatoms. The fraction of sp³-hybridized carbons (Fsp3) is 0.400. The van der Waals surface area contributed by atoms with Crippen molar-refractivity contribution < 1.29 is 27.8 Å². The van der Waals surface area contributed by atoms with E-state index in [9.17, 15) is 18.4 Å². The van der Waals surface area contributed by atoms with Crippen LogP contribution in [0.1, 0.15) is 82.9 Å². The van der Waals surface area contributed by atoms with Crippen molar-refractivity contribution in [2.75, 3.05) is 13.2 Å². The van der Waals surface area contributed by atoms with Crippen molar-refractivity contribution in [3.63, 3.8) is 0 Å². The van der Waals surface area contributed by atoms with Gasteiger partial charge >= 0.3 is 5.97 Å². The van der Waals surface area contributed by atoms with Crippen LogP contribution in [-0.4, -0.2) is 45.2 Å². The highest BCUT2D eigenvalue weighted by Crippen LogP contribution is 2.39. The average molecular weight is 482 g/mol. The molecule has 3 aromatic rings. The van der Waals surface area contributed by atoms with E-state index < -0.39 is 17.6 Å². The van der Waals surface area contributed by atoms with Gasteiger partial charge in [0.25, 0.3) is 0 Å². The van der Waals surface area contributed by atoms with Crippen LogP contribution in [0.3, 0.4) is 0 Å². The van der Waals surface area contributed by atoms with E-state index in [2.05, 4.69) is 15.1 Å². The van der Waals surface area contributed by atoms with Crippen LogP contribution in [0.15, 0.2) is 30.6 Å². The standard InChI is InChI=1S/C25H24F2N4O4/c1-2-34-25(33)23-19(13-32)22(18-6-3-16(26)10-20(18)27)29-24(30-23)14-7-8-35-21(9-14)15-11-28-31(12-15)17-4-5-17/h3,6,10-14,17,21H,2,4-5,7-9H2,1H3/t14?,21-/m1/s1. The van der Waals surface area contributed by atoms with Gasteiger partial charge in [0.05, 0.1) is 36.2 Å². The monoisotopic (exact) mass is 482 g/mol. The Kier molecular flexibility index (Phi) is 6.38. The van der Waals surface area contributed by atoms with Gasteiger partial charge < -0.3 is 9.47 Å². The van der Waals surface area contributed by atoms with E-state index in [0.717, 1.165) is 24.5 Å². The summed E-state index contributed by atoms with van der Waals surface area (Å²) in [6.07, 6.45) is 7.26. The number of benzene rings is 1. The molecule has 0 radical (unpaired) electrons. The summed E-state index contributed by atoms with van der Waals surface area (Å²) in [7, 11) is 0. The molecule has 3 heterocycles. The minimum absolute atomic E-state index is 0.0705. The number of aldehydes is 1. The Morgan fingerprint density at radius 2 is 2.09 bits per heavy atom. The molecule has 0 spiro atoms. The van der Waals surface area contributed by atoms with Crippen molar-refractivity contribution in [3.05, 3.63) is 64.9 Å². The highest BCUT2D eigenvalue weighted by molar-refractivity contribution is 6.00. The number of esters is 1. The van der Waals surface area contributed by atoms with E-state index >= 15 is 0 Å². The van der Waals surface area contributed by atoms with Crippen molar-refractivity contribution in [1.82, 2.24) is 19.7 Å². The van der Waals surface area contributed by atoms with Crippen LogP contribution >= 0.6 is 0 Å². The van der Waals surface area contributed by atoms with Crippen LogP contribution in [0.25, 0.3) is 11.3 Å². The molecule has 2 fully saturated rings. The predicted molar refractivity (Wildman–Crippen MR) is 120 cm³/mol. The van der Waals surface area contributed by atoms with Gasteiger partial charge in [-0.15, -0.1) is 0 Å². The van der Waals surface area contributed by atoms with Gasteiger partial charge in [-0.2, -0.15) is 5.10 Å². The number of nitrogens with zero attached hydrogens (tertiary/aromatic N) is 4. The Balaban J connectivity index is 1.54. The third kappa shape index (κ3) is 4.70. The minimum Gasteiger partial charge on any atom is -0.461 e. The number of hydrogen-bond donors (Lipinski definition) is 0. The molecule has 1 aromatic carbocycles. The van der Waals surface area contributed by atoms with Gasteiger partial charge in [0.2, 0.25) is 0 Å². The molecular weight excluding hydrogens is 458 g/mol. The zero-order chi connectivity index (χ0) is 24.5. The lowest BCUT2D eigenvalue weighted by Crippen LogP contribution is -2.22. The molecule has 2 aliphatic rings. The Morgan fingerprint density at radius 3 is 2.80 bits per heavy atom. The smallest absolute Gasteiger partial charge is 0.357 e. The van der Waals surface area contributed by atoms with E-state index in [1.165, 1.54) is 6.07 Å². The van der Waals surface area contributed by atoms with Gasteiger partial charge in [0.15, 0.2) is 12.0 Å². The summed E-state index contributed by atoms with van der Waals surface area (Å²) in [6, 6.07) is 3.42. The van der Waals surface area contributed by atoms with Crippen molar-refractivity contribution in [3.8, 4) is 11.3 Å². The van der Waals surface area contributed by atoms with E-state index in [0.29, 0.717) is 37.8 Å². The fourth-order valence-corrected chi connectivity index (χ4v) is 4.34. The molecule has 8 nitrogen and oxygen atoms in total. The maximum absolute atomic E-state index is 14.7. The van der Waals surface area contributed by atoms with Crippen LogP contribution in [-0.2, 0) is 9.47 Å². The Hall–Kier alpha value is -3.53. The Bertz CT molecular complexity index is 1270. The predicted octanol–water partition coefficient (Wildman–Crippen LogP) is 4.58. The SMILES string of the molecule is CCOC(=O)c1nc(C2CCO[C@@H](c3cnn(C4CC4)c3)C2)nc(-c2ccc(F)cc2F)c1C=O. The second-order valence-electron chi connectivity index (χ2n) is 8.72. The Labute approximate surface area is 200 Å². The Morgan fingerprint density at radius 1 is 1.26 bits per heavy atom. The zero-order valence-electron chi connectivity index (χ0n) is 19.1. The van der Waals surface area contributed by atoms with Gasteiger partial charge in [-0.1, -0.05) is 0 Å². The molecule has 1 unspecified atom stereocenters. The third-order valence-corrected chi connectivity index (χ3v) is 6.30. The topological polar surface area (TPSA) is 96.2 Å². The minimum atomic E-state index is -0.898. The van der Waals surface area contributed by atoms with Gasteiger partial charge in [-0.3, -0.25) is 9.48 Å². The zero-order valence-corrected chi connectivity index (χ0v) is 19.1. The van der Waals surface area contributed by atoms with Gasteiger partial charge in [-0.05, 0) is 44.7 Å². The number of aromatic nitrogens is 4. The summed E-state index contributed by atoms with van der Waals surface area (Å²) in [5.74, 6) is -2.42. The van der Waals surface area contributed by atoms with Gasteiger partial charge in [0, 0.05) is 35.9 Å². The number of ether oxygens (including phenoxy) is 2. The molecule has 2 atom stereocenters. The first-order chi connectivity index (χ1) is 17.0.